The van der Waals surface area contributed by atoms with Crippen molar-refractivity contribution in [3.63, 3.8) is 0 Å². The number of furan rings is 1. The number of aliphatic hydroxyl groups excluding tert-OH is 1. The van der Waals surface area contributed by atoms with Gasteiger partial charge in [0.2, 0.25) is 0 Å². The van der Waals surface area contributed by atoms with Gasteiger partial charge in [-0.1, -0.05) is 0 Å². The van der Waals surface area contributed by atoms with Crippen molar-refractivity contribution in [1.29, 1.82) is 0 Å². The summed E-state index contributed by atoms with van der Waals surface area (Å²) in [6, 6.07) is 7.04. The number of aryl methyl sites for hydroxylation is 1. The quantitative estimate of drug-likeness (QED) is 0.934. The summed E-state index contributed by atoms with van der Waals surface area (Å²) in [4.78, 5) is 0. The number of rotatable bonds is 4. The Morgan fingerprint density at radius 3 is 2.37 bits per heavy atom. The number of benzene rings is 1. The monoisotopic (exact) mass is 326 g/mol. The van der Waals surface area contributed by atoms with Gasteiger partial charge in [-0.2, -0.15) is 0 Å². The van der Waals surface area contributed by atoms with E-state index in [-0.39, 0.29) is 0 Å². The number of halogens is 1. The molecule has 0 aliphatic heterocycles. The van der Waals surface area contributed by atoms with Gasteiger partial charge in [0.15, 0.2) is 0 Å². The Balaban J connectivity index is 2.46. The van der Waals surface area contributed by atoms with Crippen LogP contribution in [-0.2, 0) is 0 Å². The first-order chi connectivity index (χ1) is 9.06. The van der Waals surface area contributed by atoms with Gasteiger partial charge < -0.3 is 19.0 Å². The molecule has 0 spiro atoms. The van der Waals surface area contributed by atoms with Crippen LogP contribution in [-0.4, -0.2) is 19.3 Å². The zero-order valence-corrected chi connectivity index (χ0v) is 12.5. The van der Waals surface area contributed by atoms with Gasteiger partial charge in [-0.05, 0) is 41.1 Å². The summed E-state index contributed by atoms with van der Waals surface area (Å²) in [5.74, 6) is 2.42. The molecule has 1 N–H and O–H groups in total. The summed E-state index contributed by atoms with van der Waals surface area (Å²) >= 11 is 3.39. The van der Waals surface area contributed by atoms with Crippen LogP contribution in [0.5, 0.6) is 11.5 Å². The summed E-state index contributed by atoms with van der Waals surface area (Å²) in [5.41, 5.74) is 0.615. The highest BCUT2D eigenvalue weighted by atomic mass is 79.9. The first kappa shape index (κ1) is 14.0. The van der Waals surface area contributed by atoms with Crippen molar-refractivity contribution in [3.8, 4) is 11.5 Å². The Labute approximate surface area is 120 Å². The van der Waals surface area contributed by atoms with Crippen LogP contribution in [0.1, 0.15) is 23.2 Å². The van der Waals surface area contributed by atoms with Gasteiger partial charge in [-0.3, -0.25) is 0 Å². The Bertz CT molecular complexity index is 577. The SMILES string of the molecule is COc1cc(OC)c(C(O)c2ccc(C)o2)cc1Br. The molecule has 19 heavy (non-hydrogen) atoms. The lowest BCUT2D eigenvalue weighted by atomic mass is 10.1. The maximum Gasteiger partial charge on any atom is 0.140 e. The molecule has 0 aliphatic rings. The fourth-order valence-electron chi connectivity index (χ4n) is 1.85. The molecule has 0 aliphatic carbocycles. The van der Waals surface area contributed by atoms with Crippen LogP contribution in [0.3, 0.4) is 0 Å². The summed E-state index contributed by atoms with van der Waals surface area (Å²) in [6.07, 6.45) is -0.883. The van der Waals surface area contributed by atoms with Crippen molar-refractivity contribution < 1.29 is 19.0 Å². The number of aliphatic hydroxyl groups is 1. The highest BCUT2D eigenvalue weighted by Gasteiger charge is 2.20. The van der Waals surface area contributed by atoms with Gasteiger partial charge in [-0.15, -0.1) is 0 Å². The molecule has 1 atom stereocenters. The van der Waals surface area contributed by atoms with Gasteiger partial charge in [0, 0.05) is 11.6 Å². The second-order valence-electron chi connectivity index (χ2n) is 4.08. The van der Waals surface area contributed by atoms with E-state index in [0.717, 1.165) is 10.2 Å². The summed E-state index contributed by atoms with van der Waals surface area (Å²) in [7, 11) is 3.12. The van der Waals surface area contributed by atoms with Gasteiger partial charge in [-0.25, -0.2) is 0 Å². The second kappa shape index (κ2) is 5.67. The van der Waals surface area contributed by atoms with Crippen LogP contribution < -0.4 is 9.47 Å². The third-order valence-corrected chi connectivity index (χ3v) is 3.45. The maximum atomic E-state index is 10.4. The normalized spacial score (nSPS) is 12.3. The lowest BCUT2D eigenvalue weighted by Gasteiger charge is -2.15. The average Bonchev–Trinajstić information content (AvgIpc) is 2.84. The van der Waals surface area contributed by atoms with Gasteiger partial charge in [0.1, 0.15) is 29.1 Å². The molecule has 0 radical (unpaired) electrons. The molecule has 5 heteroatoms. The molecule has 2 aromatic rings. The molecule has 102 valence electrons. The van der Waals surface area contributed by atoms with Crippen molar-refractivity contribution >= 4 is 15.9 Å². The van der Waals surface area contributed by atoms with E-state index in [9.17, 15) is 5.11 Å². The lowest BCUT2D eigenvalue weighted by molar-refractivity contribution is 0.183. The van der Waals surface area contributed by atoms with Crippen molar-refractivity contribution in [3.05, 3.63) is 45.8 Å². The Hall–Kier alpha value is -1.46. The molecular formula is C14H15BrO4. The Morgan fingerprint density at radius 2 is 1.84 bits per heavy atom. The number of ether oxygens (including phenoxy) is 2. The van der Waals surface area contributed by atoms with Crippen molar-refractivity contribution in [2.45, 2.75) is 13.0 Å². The van der Waals surface area contributed by atoms with E-state index in [4.69, 9.17) is 13.9 Å². The summed E-state index contributed by atoms with van der Waals surface area (Å²) in [6.45, 7) is 1.83. The largest absolute Gasteiger partial charge is 0.496 e. The van der Waals surface area contributed by atoms with Crippen LogP contribution in [0.4, 0.5) is 0 Å². The van der Waals surface area contributed by atoms with Crippen LogP contribution in [0.15, 0.2) is 33.2 Å². The first-order valence-electron chi connectivity index (χ1n) is 5.72. The minimum Gasteiger partial charge on any atom is -0.496 e. The summed E-state index contributed by atoms with van der Waals surface area (Å²) in [5, 5.41) is 10.4. The Morgan fingerprint density at radius 1 is 1.16 bits per heavy atom. The van der Waals surface area contributed by atoms with E-state index < -0.39 is 6.10 Å². The first-order valence-corrected chi connectivity index (χ1v) is 6.52. The predicted molar refractivity (Wildman–Crippen MR) is 74.8 cm³/mol. The average molecular weight is 327 g/mol. The van der Waals surface area contributed by atoms with Crippen molar-refractivity contribution in [2.24, 2.45) is 0 Å². The fourth-order valence-corrected chi connectivity index (χ4v) is 2.37. The van der Waals surface area contributed by atoms with Crippen molar-refractivity contribution in [1.82, 2.24) is 0 Å². The molecule has 0 saturated heterocycles. The molecule has 0 saturated carbocycles. The van der Waals surface area contributed by atoms with E-state index in [1.54, 1.807) is 32.4 Å². The maximum absolute atomic E-state index is 10.4. The smallest absolute Gasteiger partial charge is 0.140 e. The summed E-state index contributed by atoms with van der Waals surface area (Å²) < 4.78 is 16.7. The van der Waals surface area contributed by atoms with Gasteiger partial charge >= 0.3 is 0 Å². The molecule has 1 aromatic carbocycles. The van der Waals surface area contributed by atoms with Crippen LogP contribution in [0.2, 0.25) is 0 Å². The van der Waals surface area contributed by atoms with E-state index in [1.807, 2.05) is 13.0 Å². The molecule has 1 heterocycles. The lowest BCUT2D eigenvalue weighted by Crippen LogP contribution is -2.02. The Kier molecular flexibility index (Phi) is 4.17. The number of hydrogen-bond acceptors (Lipinski definition) is 4. The third kappa shape index (κ3) is 2.77. The number of hydrogen-bond donors (Lipinski definition) is 1. The molecule has 2 rings (SSSR count). The van der Waals surface area contributed by atoms with Crippen LogP contribution in [0.25, 0.3) is 0 Å². The molecule has 0 amide bonds. The standard InChI is InChI=1S/C14H15BrO4/c1-8-4-5-11(19-8)14(16)9-6-10(15)13(18-3)7-12(9)17-2/h4-7,14,16H,1-3H3. The molecule has 4 nitrogen and oxygen atoms in total. The topological polar surface area (TPSA) is 51.8 Å². The van der Waals surface area contributed by atoms with E-state index in [0.29, 0.717) is 22.8 Å². The van der Waals surface area contributed by atoms with Gasteiger partial charge in [0.25, 0.3) is 0 Å². The predicted octanol–water partition coefficient (Wildman–Crippen LogP) is 3.45. The van der Waals surface area contributed by atoms with Crippen LogP contribution in [0, 0.1) is 6.92 Å². The molecule has 0 bridgehead atoms. The van der Waals surface area contributed by atoms with Crippen LogP contribution >= 0.6 is 15.9 Å². The van der Waals surface area contributed by atoms with E-state index in [1.165, 1.54) is 0 Å². The van der Waals surface area contributed by atoms with Gasteiger partial charge in [0.05, 0.1) is 18.7 Å². The van der Waals surface area contributed by atoms with E-state index in [2.05, 4.69) is 15.9 Å². The zero-order valence-electron chi connectivity index (χ0n) is 10.9. The van der Waals surface area contributed by atoms with E-state index >= 15 is 0 Å². The zero-order chi connectivity index (χ0) is 14.0. The van der Waals surface area contributed by atoms with Crippen molar-refractivity contribution in [2.75, 3.05) is 14.2 Å². The fraction of sp³-hybridized carbons (Fsp3) is 0.286. The minimum atomic E-state index is -0.883. The highest BCUT2D eigenvalue weighted by Crippen LogP contribution is 2.38. The molecule has 1 unspecified atom stereocenters. The molecule has 1 aromatic heterocycles. The highest BCUT2D eigenvalue weighted by molar-refractivity contribution is 9.10. The molecule has 0 fully saturated rings. The number of methoxy groups -OCH3 is 2. The second-order valence-corrected chi connectivity index (χ2v) is 4.93. The molecular weight excluding hydrogens is 312 g/mol. The minimum absolute atomic E-state index is 0.480. The third-order valence-electron chi connectivity index (χ3n) is 2.83.